The molecule has 1 saturated carbocycles. The molecule has 1 aliphatic rings. The molecule has 2 rings (SSSR count). The van der Waals surface area contributed by atoms with E-state index in [2.05, 4.69) is 26.9 Å². The van der Waals surface area contributed by atoms with Crippen LogP contribution in [0.3, 0.4) is 0 Å². The Kier molecular flexibility index (Phi) is 7.52. The van der Waals surface area contributed by atoms with Gasteiger partial charge in [0.05, 0.1) is 4.90 Å². The number of sulfonamides is 1. The molecule has 26 heavy (non-hydrogen) atoms. The van der Waals surface area contributed by atoms with Gasteiger partial charge in [-0.05, 0) is 30.7 Å². The van der Waals surface area contributed by atoms with Gasteiger partial charge in [0.2, 0.25) is 10.0 Å². The van der Waals surface area contributed by atoms with Crippen molar-refractivity contribution in [2.45, 2.75) is 37.5 Å². The lowest BCUT2D eigenvalue weighted by Gasteiger charge is -2.31. The van der Waals surface area contributed by atoms with Gasteiger partial charge in [-0.1, -0.05) is 19.8 Å². The van der Waals surface area contributed by atoms with Crippen LogP contribution in [0.4, 0.5) is 0 Å². The van der Waals surface area contributed by atoms with Gasteiger partial charge in [-0.3, -0.25) is 4.99 Å². The summed E-state index contributed by atoms with van der Waals surface area (Å²) in [5, 5.41) is 3.24. The quantitative estimate of drug-likeness (QED) is 0.426. The summed E-state index contributed by atoms with van der Waals surface area (Å²) >= 11 is 0. The van der Waals surface area contributed by atoms with Crippen LogP contribution in [0.15, 0.2) is 28.3 Å². The van der Waals surface area contributed by atoms with Crippen molar-refractivity contribution in [3.63, 3.8) is 0 Å². The molecule has 1 aromatic rings. The summed E-state index contributed by atoms with van der Waals surface area (Å²) in [6.45, 7) is 4.12. The second-order valence-electron chi connectivity index (χ2n) is 7.39. The highest BCUT2D eigenvalue weighted by molar-refractivity contribution is 7.89. The average Bonchev–Trinajstić information content (AvgIpc) is 3.04. The highest BCUT2D eigenvalue weighted by atomic mass is 32.2. The van der Waals surface area contributed by atoms with E-state index >= 15 is 0 Å². The van der Waals surface area contributed by atoms with Crippen LogP contribution in [0, 0.1) is 11.8 Å². The Morgan fingerprint density at radius 2 is 2.00 bits per heavy atom. The summed E-state index contributed by atoms with van der Waals surface area (Å²) in [7, 11) is 2.15. The van der Waals surface area contributed by atoms with Crippen LogP contribution in [0.5, 0.6) is 0 Å². The van der Waals surface area contributed by atoms with Crippen LogP contribution >= 0.6 is 0 Å². The topological polar surface area (TPSA) is 78.7 Å². The Labute approximate surface area is 157 Å². The van der Waals surface area contributed by atoms with E-state index in [0.717, 1.165) is 18.4 Å². The summed E-state index contributed by atoms with van der Waals surface area (Å²) in [5.74, 6) is 2.38. The van der Waals surface area contributed by atoms with Crippen molar-refractivity contribution >= 4 is 16.0 Å². The van der Waals surface area contributed by atoms with E-state index in [-0.39, 0.29) is 4.90 Å². The first-order chi connectivity index (χ1) is 12.3. The summed E-state index contributed by atoms with van der Waals surface area (Å²) in [6.07, 6.45) is 8.49. The summed E-state index contributed by atoms with van der Waals surface area (Å²) < 4.78 is 28.7. The van der Waals surface area contributed by atoms with Crippen molar-refractivity contribution in [3.8, 4) is 0 Å². The molecule has 1 fully saturated rings. The molecule has 0 unspecified atom stereocenters. The first kappa shape index (κ1) is 20.8. The maximum Gasteiger partial charge on any atom is 0.242 e. The molecule has 148 valence electrons. The minimum absolute atomic E-state index is 0.285. The van der Waals surface area contributed by atoms with Gasteiger partial charge in [0.25, 0.3) is 0 Å². The lowest BCUT2D eigenvalue weighted by molar-refractivity contribution is 0.250. The number of aryl methyl sites for hydroxylation is 1. The number of hydrogen-bond acceptors (Lipinski definition) is 3. The molecule has 1 aliphatic carbocycles. The molecule has 1 heterocycles. The zero-order chi connectivity index (χ0) is 19.2. The van der Waals surface area contributed by atoms with E-state index in [0.29, 0.717) is 19.0 Å². The van der Waals surface area contributed by atoms with E-state index in [4.69, 9.17) is 0 Å². The summed E-state index contributed by atoms with van der Waals surface area (Å²) in [5.41, 5.74) is 0. The lowest BCUT2D eigenvalue weighted by Crippen LogP contribution is -2.44. The normalized spacial score (nSPS) is 21.6. The highest BCUT2D eigenvalue weighted by Gasteiger charge is 2.20. The molecule has 1 aromatic heterocycles. The molecule has 8 heteroatoms. The fourth-order valence-electron chi connectivity index (χ4n) is 3.45. The third-order valence-corrected chi connectivity index (χ3v) is 6.50. The Hall–Kier alpha value is -1.54. The van der Waals surface area contributed by atoms with Gasteiger partial charge >= 0.3 is 0 Å². The molecular formula is C18H33N5O2S. The smallest absolute Gasteiger partial charge is 0.242 e. The second-order valence-corrected chi connectivity index (χ2v) is 9.16. The molecule has 0 spiro atoms. The van der Waals surface area contributed by atoms with Crippen LogP contribution < -0.4 is 10.0 Å². The first-order valence-corrected chi connectivity index (χ1v) is 10.8. The molecule has 0 aromatic carbocycles. The van der Waals surface area contributed by atoms with Gasteiger partial charge in [0, 0.05) is 53.2 Å². The van der Waals surface area contributed by atoms with Crippen LogP contribution in [0.1, 0.15) is 32.6 Å². The number of guanidine groups is 1. The molecular weight excluding hydrogens is 350 g/mol. The van der Waals surface area contributed by atoms with Crippen molar-refractivity contribution in [1.29, 1.82) is 0 Å². The standard InChI is InChI=1S/C18H33N5O2S/c1-15-5-7-16(8-6-15)13-23(4)18(19-2)20-10-11-21-26(24,25)17-9-12-22(3)14-17/h9,12,14-16,21H,5-8,10-11,13H2,1-4H3,(H,19,20). The number of rotatable bonds is 7. The average molecular weight is 384 g/mol. The number of nitrogens with one attached hydrogen (secondary N) is 2. The Morgan fingerprint density at radius 1 is 1.31 bits per heavy atom. The van der Waals surface area contributed by atoms with Gasteiger partial charge < -0.3 is 14.8 Å². The Bertz CT molecular complexity index is 690. The van der Waals surface area contributed by atoms with Crippen molar-refractivity contribution in [1.82, 2.24) is 19.5 Å². The minimum atomic E-state index is -3.46. The monoisotopic (exact) mass is 383 g/mol. The fourth-order valence-corrected chi connectivity index (χ4v) is 4.53. The molecule has 7 nitrogen and oxygen atoms in total. The largest absolute Gasteiger partial charge is 0.356 e. The maximum atomic E-state index is 12.2. The highest BCUT2D eigenvalue weighted by Crippen LogP contribution is 2.28. The van der Waals surface area contributed by atoms with Gasteiger partial charge in [-0.15, -0.1) is 0 Å². The van der Waals surface area contributed by atoms with E-state index in [1.165, 1.54) is 25.7 Å². The van der Waals surface area contributed by atoms with Gasteiger partial charge in [0.1, 0.15) is 0 Å². The van der Waals surface area contributed by atoms with Crippen molar-refractivity contribution in [2.24, 2.45) is 23.9 Å². The molecule has 0 saturated heterocycles. The lowest BCUT2D eigenvalue weighted by atomic mass is 9.83. The van der Waals surface area contributed by atoms with Crippen LogP contribution in [-0.4, -0.2) is 57.6 Å². The number of aromatic nitrogens is 1. The van der Waals surface area contributed by atoms with Crippen LogP contribution in [0.2, 0.25) is 0 Å². The predicted molar refractivity (Wildman–Crippen MR) is 106 cm³/mol. The first-order valence-electron chi connectivity index (χ1n) is 9.35. The number of aliphatic imine (C=N–C) groups is 1. The molecule has 2 N–H and O–H groups in total. The van der Waals surface area contributed by atoms with Crippen molar-refractivity contribution in [2.75, 3.05) is 33.7 Å². The maximum absolute atomic E-state index is 12.2. The zero-order valence-corrected chi connectivity index (χ0v) is 17.2. The minimum Gasteiger partial charge on any atom is -0.356 e. The number of nitrogens with zero attached hydrogens (tertiary/aromatic N) is 3. The molecule has 0 aliphatic heterocycles. The second kappa shape index (κ2) is 9.41. The van der Waals surface area contributed by atoms with Crippen molar-refractivity contribution < 1.29 is 8.42 Å². The number of hydrogen-bond donors (Lipinski definition) is 2. The molecule has 0 radical (unpaired) electrons. The van der Waals surface area contributed by atoms with Crippen LogP contribution in [-0.2, 0) is 17.1 Å². The SMILES string of the molecule is CN=C(NCCNS(=O)(=O)c1ccn(C)c1)N(C)CC1CCC(C)CC1. The summed E-state index contributed by atoms with van der Waals surface area (Å²) in [4.78, 5) is 6.75. The van der Waals surface area contributed by atoms with Gasteiger partial charge in [0.15, 0.2) is 5.96 Å². The third-order valence-electron chi connectivity index (χ3n) is 5.06. The Balaban J connectivity index is 1.74. The van der Waals surface area contributed by atoms with E-state index in [1.54, 1.807) is 37.1 Å². The van der Waals surface area contributed by atoms with Gasteiger partial charge in [-0.25, -0.2) is 13.1 Å². The zero-order valence-electron chi connectivity index (χ0n) is 16.4. The third kappa shape index (κ3) is 6.02. The molecule has 0 atom stereocenters. The van der Waals surface area contributed by atoms with Gasteiger partial charge in [-0.2, -0.15) is 0 Å². The summed E-state index contributed by atoms with van der Waals surface area (Å²) in [6, 6.07) is 1.59. The van der Waals surface area contributed by atoms with Crippen molar-refractivity contribution in [3.05, 3.63) is 18.5 Å². The van der Waals surface area contributed by atoms with E-state index in [1.807, 2.05) is 7.05 Å². The molecule has 0 bridgehead atoms. The predicted octanol–water partition coefficient (Wildman–Crippen LogP) is 1.64. The van der Waals surface area contributed by atoms with E-state index in [9.17, 15) is 8.42 Å². The van der Waals surface area contributed by atoms with E-state index < -0.39 is 10.0 Å². The van der Waals surface area contributed by atoms with Crippen LogP contribution in [0.25, 0.3) is 0 Å². The fraction of sp³-hybridized carbons (Fsp3) is 0.722. The Morgan fingerprint density at radius 3 is 2.58 bits per heavy atom. The molecule has 0 amide bonds.